The quantitative estimate of drug-likeness (QED) is 0.688. The first-order valence-electron chi connectivity index (χ1n) is 5.16. The lowest BCUT2D eigenvalue weighted by atomic mass is 9.97. The molecule has 2 unspecified atom stereocenters. The van der Waals surface area contributed by atoms with Crippen molar-refractivity contribution >= 4 is 11.8 Å². The molecular formula is C10H21NOS. The van der Waals surface area contributed by atoms with Gasteiger partial charge < -0.3 is 10.1 Å². The average molecular weight is 203 g/mol. The van der Waals surface area contributed by atoms with Crippen LogP contribution in [-0.4, -0.2) is 37.8 Å². The lowest BCUT2D eigenvalue weighted by Gasteiger charge is -2.29. The Kier molecular flexibility index (Phi) is 5.83. The summed E-state index contributed by atoms with van der Waals surface area (Å²) in [5.74, 6) is 1.95. The highest BCUT2D eigenvalue weighted by Crippen LogP contribution is 2.14. The Morgan fingerprint density at radius 1 is 1.54 bits per heavy atom. The molecule has 13 heavy (non-hydrogen) atoms. The van der Waals surface area contributed by atoms with Crippen LogP contribution in [0.4, 0.5) is 0 Å². The van der Waals surface area contributed by atoms with Gasteiger partial charge in [0.25, 0.3) is 0 Å². The van der Waals surface area contributed by atoms with Gasteiger partial charge in [-0.1, -0.05) is 6.92 Å². The van der Waals surface area contributed by atoms with Crippen molar-refractivity contribution in [3.8, 4) is 0 Å². The van der Waals surface area contributed by atoms with Gasteiger partial charge in [0.1, 0.15) is 0 Å². The van der Waals surface area contributed by atoms with Crippen molar-refractivity contribution < 1.29 is 4.74 Å². The Morgan fingerprint density at radius 2 is 2.38 bits per heavy atom. The largest absolute Gasteiger partial charge is 0.377 e. The van der Waals surface area contributed by atoms with Gasteiger partial charge in [0, 0.05) is 13.2 Å². The zero-order valence-corrected chi connectivity index (χ0v) is 9.53. The van der Waals surface area contributed by atoms with Crippen molar-refractivity contribution in [2.24, 2.45) is 5.92 Å². The van der Waals surface area contributed by atoms with E-state index in [1.807, 2.05) is 11.8 Å². The fraction of sp³-hybridized carbons (Fsp3) is 1.00. The minimum absolute atomic E-state index is 0.454. The minimum Gasteiger partial charge on any atom is -0.377 e. The van der Waals surface area contributed by atoms with Crippen molar-refractivity contribution in [1.29, 1.82) is 0 Å². The van der Waals surface area contributed by atoms with Crippen LogP contribution in [0, 0.1) is 5.92 Å². The van der Waals surface area contributed by atoms with Gasteiger partial charge in [-0.15, -0.1) is 0 Å². The van der Waals surface area contributed by atoms with Crippen molar-refractivity contribution in [2.75, 3.05) is 31.7 Å². The van der Waals surface area contributed by atoms with E-state index in [0.717, 1.165) is 25.6 Å². The van der Waals surface area contributed by atoms with Gasteiger partial charge in [-0.3, -0.25) is 0 Å². The molecule has 3 heteroatoms. The number of ether oxygens (including phenoxy) is 1. The van der Waals surface area contributed by atoms with Crippen molar-refractivity contribution in [3.63, 3.8) is 0 Å². The number of rotatable bonds is 5. The maximum atomic E-state index is 5.82. The smallest absolute Gasteiger partial charge is 0.0725 e. The fourth-order valence-corrected chi connectivity index (χ4v) is 2.03. The molecule has 0 aromatic heterocycles. The van der Waals surface area contributed by atoms with Crippen LogP contribution in [0.1, 0.15) is 19.8 Å². The van der Waals surface area contributed by atoms with E-state index in [1.54, 1.807) is 0 Å². The van der Waals surface area contributed by atoms with Crippen LogP contribution in [0.5, 0.6) is 0 Å². The summed E-state index contributed by atoms with van der Waals surface area (Å²) in [7, 11) is 0. The lowest BCUT2D eigenvalue weighted by molar-refractivity contribution is 0.00489. The Bertz CT molecular complexity index is 132. The SMILES string of the molecule is CSCCCOC1CNCCC1C. The van der Waals surface area contributed by atoms with E-state index in [9.17, 15) is 0 Å². The van der Waals surface area contributed by atoms with Crippen LogP contribution in [-0.2, 0) is 4.74 Å². The maximum Gasteiger partial charge on any atom is 0.0725 e. The van der Waals surface area contributed by atoms with Crippen LogP contribution in [0.15, 0.2) is 0 Å². The second-order valence-corrected chi connectivity index (χ2v) is 4.71. The lowest BCUT2D eigenvalue weighted by Crippen LogP contribution is -2.41. The zero-order valence-electron chi connectivity index (χ0n) is 8.71. The summed E-state index contributed by atoms with van der Waals surface area (Å²) in [6, 6.07) is 0. The third kappa shape index (κ3) is 4.34. The first-order chi connectivity index (χ1) is 6.34. The van der Waals surface area contributed by atoms with Crippen LogP contribution >= 0.6 is 11.8 Å². The molecule has 1 fully saturated rings. The summed E-state index contributed by atoms with van der Waals surface area (Å²) < 4.78 is 5.82. The van der Waals surface area contributed by atoms with E-state index in [-0.39, 0.29) is 0 Å². The first kappa shape index (κ1) is 11.3. The summed E-state index contributed by atoms with van der Waals surface area (Å²) in [5, 5.41) is 3.38. The molecule has 0 aromatic carbocycles. The predicted octanol–water partition coefficient (Wildman–Crippen LogP) is 1.75. The van der Waals surface area contributed by atoms with Gasteiger partial charge in [0.05, 0.1) is 6.10 Å². The zero-order chi connectivity index (χ0) is 9.52. The molecule has 0 spiro atoms. The predicted molar refractivity (Wildman–Crippen MR) is 59.4 cm³/mol. The van der Waals surface area contributed by atoms with E-state index in [1.165, 1.54) is 18.6 Å². The molecule has 1 aliphatic rings. The average Bonchev–Trinajstić information content (AvgIpc) is 2.15. The molecule has 1 saturated heterocycles. The molecule has 1 heterocycles. The second-order valence-electron chi connectivity index (χ2n) is 3.73. The molecule has 2 nitrogen and oxygen atoms in total. The highest BCUT2D eigenvalue weighted by Gasteiger charge is 2.20. The molecule has 0 aromatic rings. The molecule has 1 rings (SSSR count). The van der Waals surface area contributed by atoms with Crippen LogP contribution in [0.25, 0.3) is 0 Å². The molecule has 0 saturated carbocycles. The summed E-state index contributed by atoms with van der Waals surface area (Å²) in [5.41, 5.74) is 0. The van der Waals surface area contributed by atoms with Crippen molar-refractivity contribution in [1.82, 2.24) is 5.32 Å². The Morgan fingerprint density at radius 3 is 3.08 bits per heavy atom. The van der Waals surface area contributed by atoms with Crippen LogP contribution < -0.4 is 5.32 Å². The topological polar surface area (TPSA) is 21.3 Å². The third-order valence-corrected chi connectivity index (χ3v) is 3.28. The van der Waals surface area contributed by atoms with E-state index in [2.05, 4.69) is 18.5 Å². The summed E-state index contributed by atoms with van der Waals surface area (Å²) in [4.78, 5) is 0. The number of hydrogen-bond acceptors (Lipinski definition) is 3. The van der Waals surface area contributed by atoms with Gasteiger partial charge in [0.15, 0.2) is 0 Å². The van der Waals surface area contributed by atoms with Crippen molar-refractivity contribution in [2.45, 2.75) is 25.9 Å². The van der Waals surface area contributed by atoms with Gasteiger partial charge in [0.2, 0.25) is 0 Å². The number of nitrogens with one attached hydrogen (secondary N) is 1. The third-order valence-electron chi connectivity index (χ3n) is 2.58. The number of piperidine rings is 1. The maximum absolute atomic E-state index is 5.82. The normalized spacial score (nSPS) is 29.1. The fourth-order valence-electron chi connectivity index (χ4n) is 1.62. The van der Waals surface area contributed by atoms with E-state index < -0.39 is 0 Å². The Balaban J connectivity index is 2.05. The van der Waals surface area contributed by atoms with Crippen LogP contribution in [0.2, 0.25) is 0 Å². The summed E-state index contributed by atoms with van der Waals surface area (Å²) in [6.45, 7) is 5.42. The summed E-state index contributed by atoms with van der Waals surface area (Å²) >= 11 is 1.89. The highest BCUT2D eigenvalue weighted by atomic mass is 32.2. The number of thioether (sulfide) groups is 1. The van der Waals surface area contributed by atoms with Gasteiger partial charge in [-0.25, -0.2) is 0 Å². The minimum atomic E-state index is 0.454. The molecule has 78 valence electrons. The van der Waals surface area contributed by atoms with Gasteiger partial charge in [-0.05, 0) is 37.3 Å². The standard InChI is InChI=1S/C10H21NOS/c1-9-4-5-11-8-10(9)12-6-3-7-13-2/h9-11H,3-8H2,1-2H3. The van der Waals surface area contributed by atoms with E-state index in [0.29, 0.717) is 6.10 Å². The van der Waals surface area contributed by atoms with Crippen molar-refractivity contribution in [3.05, 3.63) is 0 Å². The highest BCUT2D eigenvalue weighted by molar-refractivity contribution is 7.98. The molecule has 2 atom stereocenters. The van der Waals surface area contributed by atoms with E-state index >= 15 is 0 Å². The molecule has 0 aliphatic carbocycles. The molecule has 0 radical (unpaired) electrons. The number of hydrogen-bond donors (Lipinski definition) is 1. The molecule has 0 bridgehead atoms. The Labute approximate surface area is 85.8 Å². The van der Waals surface area contributed by atoms with Crippen LogP contribution in [0.3, 0.4) is 0 Å². The van der Waals surface area contributed by atoms with E-state index in [4.69, 9.17) is 4.74 Å². The Hall–Kier alpha value is 0.270. The second kappa shape index (κ2) is 6.68. The first-order valence-corrected chi connectivity index (χ1v) is 6.55. The monoisotopic (exact) mass is 203 g/mol. The molecule has 1 aliphatic heterocycles. The molecule has 1 N–H and O–H groups in total. The molecule has 0 amide bonds. The van der Waals surface area contributed by atoms with Gasteiger partial charge >= 0.3 is 0 Å². The molecular weight excluding hydrogens is 182 g/mol. The van der Waals surface area contributed by atoms with Gasteiger partial charge in [-0.2, -0.15) is 11.8 Å². The summed E-state index contributed by atoms with van der Waals surface area (Å²) in [6.07, 6.45) is 5.04.